The molecule has 0 aliphatic heterocycles. The fraction of sp³-hybridized carbons (Fsp3) is 0.190. The number of carbonyl (C=O) groups is 1. The lowest BCUT2D eigenvalue weighted by atomic mass is 10.2. The van der Waals surface area contributed by atoms with Crippen LogP contribution < -0.4 is 10.1 Å². The Bertz CT molecular complexity index is 1490. The molecule has 0 aliphatic rings. The van der Waals surface area contributed by atoms with Crippen LogP contribution in [0.15, 0.2) is 42.7 Å². The zero-order valence-corrected chi connectivity index (χ0v) is 18.3. The number of benzene rings is 1. The zero-order valence-electron chi connectivity index (χ0n) is 17.5. The summed E-state index contributed by atoms with van der Waals surface area (Å²) in [6.07, 6.45) is 3.42. The normalized spacial score (nSPS) is 11.5. The molecule has 12 heteroatoms. The molecule has 9 nitrogen and oxygen atoms in total. The van der Waals surface area contributed by atoms with Crippen LogP contribution in [-0.4, -0.2) is 41.9 Å². The molecule has 33 heavy (non-hydrogen) atoms. The average Bonchev–Trinajstić information content (AvgIpc) is 3.48. The number of nitrogens with zero attached hydrogens (tertiary/aromatic N) is 6. The number of halogens is 2. The molecule has 1 aromatic carbocycles. The lowest BCUT2D eigenvalue weighted by molar-refractivity contribution is -0.0497. The molecule has 1 N–H and O–H groups in total. The predicted octanol–water partition coefficient (Wildman–Crippen LogP) is 4.38. The van der Waals surface area contributed by atoms with Gasteiger partial charge < -0.3 is 4.74 Å². The van der Waals surface area contributed by atoms with Crippen molar-refractivity contribution in [1.29, 1.82) is 0 Å². The van der Waals surface area contributed by atoms with E-state index >= 15 is 0 Å². The van der Waals surface area contributed by atoms with Crippen molar-refractivity contribution in [3.8, 4) is 17.0 Å². The largest absolute Gasteiger partial charge is 0.435 e. The van der Waals surface area contributed by atoms with Gasteiger partial charge in [0.2, 0.25) is 0 Å². The number of rotatable bonds is 6. The van der Waals surface area contributed by atoms with E-state index in [0.29, 0.717) is 21.0 Å². The Morgan fingerprint density at radius 1 is 1.27 bits per heavy atom. The van der Waals surface area contributed by atoms with Gasteiger partial charge in [0.25, 0.3) is 5.91 Å². The molecule has 0 aliphatic carbocycles. The van der Waals surface area contributed by atoms with E-state index in [0.717, 1.165) is 34.8 Å². The second kappa shape index (κ2) is 8.20. The molecule has 0 saturated heterocycles. The first kappa shape index (κ1) is 20.9. The van der Waals surface area contributed by atoms with Gasteiger partial charge in [-0.25, -0.2) is 14.5 Å². The number of amides is 1. The number of carbonyl (C=O) groups excluding carboxylic acids is 1. The van der Waals surface area contributed by atoms with Crippen molar-refractivity contribution in [3.63, 3.8) is 0 Å². The standard InChI is InChI=1S/C21H17F2N7O2S/c1-3-29-11(2)13(10-25-29)16-6-7-24-18-9-15(28-30(16)18)19(31)27-21-26-14-5-4-12(32-20(22)23)8-17(14)33-21/h4-10,20H,3H2,1-2H3,(H,26,27,31). The van der Waals surface area contributed by atoms with Crippen LogP contribution in [-0.2, 0) is 6.54 Å². The van der Waals surface area contributed by atoms with Crippen molar-refractivity contribution in [1.82, 2.24) is 29.4 Å². The zero-order chi connectivity index (χ0) is 23.1. The molecule has 0 spiro atoms. The Labute approximate surface area is 189 Å². The first-order valence-corrected chi connectivity index (χ1v) is 10.8. The number of hydrogen-bond acceptors (Lipinski definition) is 7. The van der Waals surface area contributed by atoms with Gasteiger partial charge in [0.1, 0.15) is 5.75 Å². The minimum atomic E-state index is -2.91. The monoisotopic (exact) mass is 469 g/mol. The quantitative estimate of drug-likeness (QED) is 0.396. The summed E-state index contributed by atoms with van der Waals surface area (Å²) in [6.45, 7) is 1.81. The molecule has 4 aromatic heterocycles. The fourth-order valence-electron chi connectivity index (χ4n) is 3.52. The van der Waals surface area contributed by atoms with Crippen LogP contribution >= 0.6 is 11.3 Å². The molecular weight excluding hydrogens is 452 g/mol. The van der Waals surface area contributed by atoms with Crippen molar-refractivity contribution in [3.05, 3.63) is 54.1 Å². The Hall–Kier alpha value is -3.93. The number of hydrogen-bond donors (Lipinski definition) is 1. The van der Waals surface area contributed by atoms with Gasteiger partial charge in [0.15, 0.2) is 16.5 Å². The predicted molar refractivity (Wildman–Crippen MR) is 119 cm³/mol. The van der Waals surface area contributed by atoms with E-state index in [9.17, 15) is 13.6 Å². The summed E-state index contributed by atoms with van der Waals surface area (Å²) in [6, 6.07) is 7.81. The third kappa shape index (κ3) is 3.89. The van der Waals surface area contributed by atoms with Gasteiger partial charge in [-0.15, -0.1) is 0 Å². The lowest BCUT2D eigenvalue weighted by Gasteiger charge is -2.04. The minimum Gasteiger partial charge on any atom is -0.435 e. The summed E-state index contributed by atoms with van der Waals surface area (Å²) < 4.78 is 33.4. The van der Waals surface area contributed by atoms with Crippen LogP contribution in [0.2, 0.25) is 0 Å². The molecule has 1 amide bonds. The van der Waals surface area contributed by atoms with Gasteiger partial charge >= 0.3 is 6.61 Å². The van der Waals surface area contributed by atoms with Crippen molar-refractivity contribution >= 4 is 38.2 Å². The second-order valence-electron chi connectivity index (χ2n) is 7.07. The molecule has 168 valence electrons. The summed E-state index contributed by atoms with van der Waals surface area (Å²) in [4.78, 5) is 21.5. The highest BCUT2D eigenvalue weighted by Crippen LogP contribution is 2.30. The SMILES string of the molecule is CCn1ncc(-c2ccnc3cc(C(=O)Nc4nc5ccc(OC(F)F)cc5s4)nn23)c1C. The van der Waals surface area contributed by atoms with E-state index in [2.05, 4.69) is 30.2 Å². The van der Waals surface area contributed by atoms with Crippen molar-refractivity contribution in [2.45, 2.75) is 27.0 Å². The number of anilines is 1. The maximum absolute atomic E-state index is 12.8. The number of ether oxygens (including phenoxy) is 1. The Morgan fingerprint density at radius 3 is 2.88 bits per heavy atom. The maximum Gasteiger partial charge on any atom is 0.387 e. The Morgan fingerprint density at radius 2 is 2.12 bits per heavy atom. The average molecular weight is 469 g/mol. The lowest BCUT2D eigenvalue weighted by Crippen LogP contribution is -2.12. The van der Waals surface area contributed by atoms with E-state index in [-0.39, 0.29) is 11.4 Å². The molecule has 0 radical (unpaired) electrons. The summed E-state index contributed by atoms with van der Waals surface area (Å²) in [7, 11) is 0. The molecule has 5 rings (SSSR count). The highest BCUT2D eigenvalue weighted by Gasteiger charge is 2.18. The number of nitrogens with one attached hydrogen (secondary N) is 1. The number of aromatic nitrogens is 6. The molecule has 0 bridgehead atoms. The number of alkyl halides is 2. The van der Waals surface area contributed by atoms with Crippen LogP contribution in [0.25, 0.3) is 27.1 Å². The fourth-order valence-corrected chi connectivity index (χ4v) is 4.41. The highest BCUT2D eigenvalue weighted by molar-refractivity contribution is 7.22. The first-order valence-electron chi connectivity index (χ1n) is 9.97. The molecule has 5 aromatic rings. The summed E-state index contributed by atoms with van der Waals surface area (Å²) in [5.74, 6) is -0.435. The maximum atomic E-state index is 12.8. The molecular formula is C21H17F2N7O2S. The summed E-state index contributed by atoms with van der Waals surface area (Å²) in [5, 5.41) is 11.8. The van der Waals surface area contributed by atoms with Crippen molar-refractivity contribution in [2.75, 3.05) is 5.32 Å². The number of fused-ring (bicyclic) bond motifs is 2. The molecule has 0 atom stereocenters. The number of aryl methyl sites for hydroxylation is 1. The third-order valence-electron chi connectivity index (χ3n) is 5.07. The van der Waals surface area contributed by atoms with E-state index in [4.69, 9.17) is 0 Å². The van der Waals surface area contributed by atoms with Crippen LogP contribution in [0.5, 0.6) is 5.75 Å². The summed E-state index contributed by atoms with van der Waals surface area (Å²) >= 11 is 1.15. The Kier molecular flexibility index (Phi) is 5.21. The molecule has 0 unspecified atom stereocenters. The highest BCUT2D eigenvalue weighted by atomic mass is 32.1. The third-order valence-corrected chi connectivity index (χ3v) is 6.01. The van der Waals surface area contributed by atoms with Gasteiger partial charge in [0, 0.05) is 30.1 Å². The van der Waals surface area contributed by atoms with Crippen molar-refractivity contribution < 1.29 is 18.3 Å². The first-order chi connectivity index (χ1) is 15.9. The van der Waals surface area contributed by atoms with Crippen LogP contribution in [0, 0.1) is 6.92 Å². The van der Waals surface area contributed by atoms with Gasteiger partial charge in [-0.1, -0.05) is 11.3 Å². The van der Waals surface area contributed by atoms with Gasteiger partial charge in [-0.05, 0) is 38.1 Å². The van der Waals surface area contributed by atoms with Crippen molar-refractivity contribution in [2.24, 2.45) is 0 Å². The molecule has 0 saturated carbocycles. The van der Waals surface area contributed by atoms with Crippen LogP contribution in [0.3, 0.4) is 0 Å². The number of thiazole rings is 1. The van der Waals surface area contributed by atoms with Crippen LogP contribution in [0.1, 0.15) is 23.1 Å². The van der Waals surface area contributed by atoms with Crippen LogP contribution in [0.4, 0.5) is 13.9 Å². The smallest absolute Gasteiger partial charge is 0.387 e. The molecule has 0 fully saturated rings. The van der Waals surface area contributed by atoms with E-state index < -0.39 is 12.5 Å². The van der Waals surface area contributed by atoms with Gasteiger partial charge in [0.05, 0.1) is 22.1 Å². The minimum absolute atomic E-state index is 0.0275. The van der Waals surface area contributed by atoms with Gasteiger partial charge in [-0.2, -0.15) is 19.0 Å². The van der Waals surface area contributed by atoms with Gasteiger partial charge in [-0.3, -0.25) is 14.8 Å². The van der Waals surface area contributed by atoms with E-state index in [1.807, 2.05) is 24.6 Å². The molecule has 4 heterocycles. The summed E-state index contributed by atoms with van der Waals surface area (Å²) in [5.41, 5.74) is 3.88. The van der Waals surface area contributed by atoms with E-state index in [1.54, 1.807) is 29.0 Å². The second-order valence-corrected chi connectivity index (χ2v) is 8.10. The Balaban J connectivity index is 1.44. The van der Waals surface area contributed by atoms with E-state index in [1.165, 1.54) is 12.1 Å². The topological polar surface area (TPSA) is 99.2 Å².